The summed E-state index contributed by atoms with van der Waals surface area (Å²) in [6.45, 7) is 9.83. The molecule has 5 heteroatoms. The van der Waals surface area contributed by atoms with E-state index in [1.165, 1.54) is 0 Å². The Morgan fingerprint density at radius 1 is 1.33 bits per heavy atom. The van der Waals surface area contributed by atoms with Crippen LogP contribution in [0.3, 0.4) is 0 Å². The van der Waals surface area contributed by atoms with Crippen molar-refractivity contribution >= 4 is 17.5 Å². The van der Waals surface area contributed by atoms with E-state index in [4.69, 9.17) is 11.6 Å². The molecule has 24 heavy (non-hydrogen) atoms. The van der Waals surface area contributed by atoms with Crippen molar-refractivity contribution in [3.8, 4) is 0 Å². The third-order valence-corrected chi connectivity index (χ3v) is 4.27. The van der Waals surface area contributed by atoms with Crippen LogP contribution in [0.2, 0.25) is 5.02 Å². The molecule has 0 aliphatic heterocycles. The summed E-state index contributed by atoms with van der Waals surface area (Å²) in [5.74, 6) is 0.565. The molecule has 0 saturated carbocycles. The zero-order chi connectivity index (χ0) is 17.7. The first kappa shape index (κ1) is 18.5. The molecule has 0 radical (unpaired) electrons. The summed E-state index contributed by atoms with van der Waals surface area (Å²) in [6, 6.07) is 7.72. The number of hydrogen-bond donors (Lipinski definition) is 1. The molecule has 2 aromatic rings. The topological polar surface area (TPSA) is 46.9 Å². The van der Waals surface area contributed by atoms with Gasteiger partial charge < -0.3 is 5.32 Å². The SMILES string of the molecule is Cc1nn(CC(C)C)c(C)c1CC(=O)NCCc1cccc(Cl)c1. The van der Waals surface area contributed by atoms with Crippen molar-refractivity contribution in [2.45, 2.75) is 47.1 Å². The van der Waals surface area contributed by atoms with Crippen LogP contribution in [0, 0.1) is 19.8 Å². The maximum absolute atomic E-state index is 12.2. The highest BCUT2D eigenvalue weighted by atomic mass is 35.5. The van der Waals surface area contributed by atoms with E-state index in [2.05, 4.69) is 24.3 Å². The van der Waals surface area contributed by atoms with E-state index < -0.39 is 0 Å². The molecule has 1 N–H and O–H groups in total. The Bertz CT molecular complexity index is 707. The first-order valence-corrected chi connectivity index (χ1v) is 8.78. The fourth-order valence-corrected chi connectivity index (χ4v) is 2.99. The van der Waals surface area contributed by atoms with Crippen LogP contribution in [-0.4, -0.2) is 22.2 Å². The van der Waals surface area contributed by atoms with Gasteiger partial charge in [-0.25, -0.2) is 0 Å². The van der Waals surface area contributed by atoms with Crippen molar-refractivity contribution in [1.29, 1.82) is 0 Å². The van der Waals surface area contributed by atoms with Gasteiger partial charge >= 0.3 is 0 Å². The zero-order valence-electron chi connectivity index (χ0n) is 14.9. The average Bonchev–Trinajstić information content (AvgIpc) is 2.74. The monoisotopic (exact) mass is 347 g/mol. The summed E-state index contributed by atoms with van der Waals surface area (Å²) in [4.78, 5) is 12.2. The van der Waals surface area contributed by atoms with Gasteiger partial charge in [-0.3, -0.25) is 9.48 Å². The molecule has 4 nitrogen and oxygen atoms in total. The van der Waals surface area contributed by atoms with Crippen molar-refractivity contribution in [2.24, 2.45) is 5.92 Å². The molecule has 1 heterocycles. The molecule has 1 aromatic heterocycles. The summed E-state index contributed by atoms with van der Waals surface area (Å²) < 4.78 is 2.01. The van der Waals surface area contributed by atoms with E-state index in [0.717, 1.165) is 40.5 Å². The van der Waals surface area contributed by atoms with Gasteiger partial charge in [0.15, 0.2) is 0 Å². The van der Waals surface area contributed by atoms with Gasteiger partial charge in [0.1, 0.15) is 0 Å². The van der Waals surface area contributed by atoms with Crippen LogP contribution in [0.25, 0.3) is 0 Å². The summed E-state index contributed by atoms with van der Waals surface area (Å²) in [6.07, 6.45) is 1.15. The number of rotatable bonds is 7. The molecule has 0 unspecified atom stereocenters. The fourth-order valence-electron chi connectivity index (χ4n) is 2.78. The van der Waals surface area contributed by atoms with E-state index >= 15 is 0 Å². The molecule has 0 aliphatic rings. The Kier molecular flexibility index (Phi) is 6.44. The number of nitrogens with one attached hydrogen (secondary N) is 1. The van der Waals surface area contributed by atoms with Crippen molar-refractivity contribution < 1.29 is 4.79 Å². The van der Waals surface area contributed by atoms with Crippen molar-refractivity contribution in [3.63, 3.8) is 0 Å². The van der Waals surface area contributed by atoms with Crippen LogP contribution in [0.4, 0.5) is 0 Å². The van der Waals surface area contributed by atoms with Gasteiger partial charge in [-0.15, -0.1) is 0 Å². The molecular weight excluding hydrogens is 322 g/mol. The van der Waals surface area contributed by atoms with E-state index in [0.29, 0.717) is 18.9 Å². The lowest BCUT2D eigenvalue weighted by Crippen LogP contribution is -2.27. The van der Waals surface area contributed by atoms with Gasteiger partial charge in [-0.2, -0.15) is 5.10 Å². The minimum atomic E-state index is 0.0346. The summed E-state index contributed by atoms with van der Waals surface area (Å²) in [5.41, 5.74) is 4.19. The molecule has 1 aromatic carbocycles. The number of carbonyl (C=O) groups is 1. The van der Waals surface area contributed by atoms with Gasteiger partial charge in [0.25, 0.3) is 0 Å². The molecule has 2 rings (SSSR count). The van der Waals surface area contributed by atoms with E-state index in [9.17, 15) is 4.79 Å². The maximum Gasteiger partial charge on any atom is 0.224 e. The Morgan fingerprint density at radius 2 is 2.08 bits per heavy atom. The number of nitrogens with zero attached hydrogens (tertiary/aromatic N) is 2. The minimum Gasteiger partial charge on any atom is -0.355 e. The van der Waals surface area contributed by atoms with Crippen LogP contribution in [0.15, 0.2) is 24.3 Å². The first-order valence-electron chi connectivity index (χ1n) is 8.41. The van der Waals surface area contributed by atoms with Crippen molar-refractivity contribution in [3.05, 3.63) is 51.8 Å². The van der Waals surface area contributed by atoms with Gasteiger partial charge in [0.2, 0.25) is 5.91 Å². The van der Waals surface area contributed by atoms with Crippen LogP contribution in [-0.2, 0) is 24.2 Å². The molecule has 0 aliphatic carbocycles. The fraction of sp³-hybridized carbons (Fsp3) is 0.474. The standard InChI is InChI=1S/C19H26ClN3O/c1-13(2)12-23-15(4)18(14(3)22-23)11-19(24)21-9-8-16-6-5-7-17(20)10-16/h5-7,10,13H,8-9,11-12H2,1-4H3,(H,21,24). The molecular formula is C19H26ClN3O. The first-order chi connectivity index (χ1) is 11.4. The molecule has 0 bridgehead atoms. The van der Waals surface area contributed by atoms with Gasteiger partial charge in [-0.1, -0.05) is 37.6 Å². The minimum absolute atomic E-state index is 0.0346. The van der Waals surface area contributed by atoms with Crippen LogP contribution in [0.1, 0.15) is 36.4 Å². The number of carbonyl (C=O) groups excluding carboxylic acids is 1. The number of halogens is 1. The van der Waals surface area contributed by atoms with Gasteiger partial charge in [-0.05, 0) is 43.9 Å². The molecule has 130 valence electrons. The number of aromatic nitrogens is 2. The van der Waals surface area contributed by atoms with Crippen molar-refractivity contribution in [2.75, 3.05) is 6.54 Å². The summed E-state index contributed by atoms with van der Waals surface area (Å²) >= 11 is 5.97. The average molecular weight is 348 g/mol. The van der Waals surface area contributed by atoms with Gasteiger partial charge in [0, 0.05) is 29.4 Å². The zero-order valence-corrected chi connectivity index (χ0v) is 15.7. The Balaban J connectivity index is 1.89. The maximum atomic E-state index is 12.2. The largest absolute Gasteiger partial charge is 0.355 e. The second kappa shape index (κ2) is 8.34. The predicted molar refractivity (Wildman–Crippen MR) is 98.4 cm³/mol. The summed E-state index contributed by atoms with van der Waals surface area (Å²) in [5, 5.41) is 8.27. The van der Waals surface area contributed by atoms with E-state index in [-0.39, 0.29) is 5.91 Å². The Labute approximate surface area is 149 Å². The number of amides is 1. The Morgan fingerprint density at radius 3 is 2.75 bits per heavy atom. The molecule has 0 atom stereocenters. The lowest BCUT2D eigenvalue weighted by molar-refractivity contribution is -0.120. The van der Waals surface area contributed by atoms with Crippen molar-refractivity contribution in [1.82, 2.24) is 15.1 Å². The number of hydrogen-bond acceptors (Lipinski definition) is 2. The number of benzene rings is 1. The Hall–Kier alpha value is -1.81. The highest BCUT2D eigenvalue weighted by Gasteiger charge is 2.15. The smallest absolute Gasteiger partial charge is 0.224 e. The summed E-state index contributed by atoms with van der Waals surface area (Å²) in [7, 11) is 0. The van der Waals surface area contributed by atoms with E-state index in [1.54, 1.807) is 0 Å². The highest BCUT2D eigenvalue weighted by molar-refractivity contribution is 6.30. The highest BCUT2D eigenvalue weighted by Crippen LogP contribution is 2.15. The molecule has 0 spiro atoms. The number of aryl methyl sites for hydroxylation is 1. The normalized spacial score (nSPS) is 11.1. The van der Waals surface area contributed by atoms with Gasteiger partial charge in [0.05, 0.1) is 12.1 Å². The quantitative estimate of drug-likeness (QED) is 0.829. The second-order valence-electron chi connectivity index (χ2n) is 6.63. The molecule has 0 fully saturated rings. The third-order valence-electron chi connectivity index (χ3n) is 4.03. The van der Waals surface area contributed by atoms with Crippen LogP contribution < -0.4 is 5.32 Å². The van der Waals surface area contributed by atoms with E-state index in [1.807, 2.05) is 42.8 Å². The van der Waals surface area contributed by atoms with Crippen LogP contribution >= 0.6 is 11.6 Å². The lowest BCUT2D eigenvalue weighted by Gasteiger charge is -2.08. The lowest BCUT2D eigenvalue weighted by atomic mass is 10.1. The molecule has 0 saturated heterocycles. The predicted octanol–water partition coefficient (Wildman–Crippen LogP) is 3.71. The van der Waals surface area contributed by atoms with Crippen LogP contribution in [0.5, 0.6) is 0 Å². The second-order valence-corrected chi connectivity index (χ2v) is 7.07. The molecule has 1 amide bonds. The third kappa shape index (κ3) is 5.10.